The Morgan fingerprint density at radius 2 is 2.00 bits per heavy atom. The predicted octanol–water partition coefficient (Wildman–Crippen LogP) is 3.08. The number of rotatable bonds is 2. The van der Waals surface area contributed by atoms with Crippen LogP contribution in [-0.4, -0.2) is 0 Å². The topological polar surface area (TPSA) is 23.8 Å². The maximum absolute atomic E-state index is 12.9. The van der Waals surface area contributed by atoms with E-state index in [0.717, 1.165) is 17.7 Å². The third kappa shape index (κ3) is 3.35. The Balaban J connectivity index is 2.78. The molecular formula is C11H8FN. The maximum atomic E-state index is 12.9. The van der Waals surface area contributed by atoms with E-state index in [0.29, 0.717) is 0 Å². The van der Waals surface area contributed by atoms with Gasteiger partial charge in [-0.25, -0.2) is 4.39 Å². The van der Waals surface area contributed by atoms with E-state index in [-0.39, 0.29) is 0 Å². The van der Waals surface area contributed by atoms with Gasteiger partial charge in [0.05, 0.1) is 6.07 Å². The standard InChI is InChI=1S/C11H8FN/c12-11(7-4-8-13)9-10-5-2-1-3-6-10/h1-7,9H/b7-4+,11-9+. The molecule has 0 saturated carbocycles. The molecule has 1 nitrogen and oxygen atoms in total. The van der Waals surface area contributed by atoms with Gasteiger partial charge in [0.25, 0.3) is 0 Å². The minimum atomic E-state index is -0.423. The Morgan fingerprint density at radius 3 is 2.62 bits per heavy atom. The van der Waals surface area contributed by atoms with Gasteiger partial charge in [0, 0.05) is 6.08 Å². The number of nitriles is 1. The summed E-state index contributed by atoms with van der Waals surface area (Å²) in [5, 5.41) is 8.15. The molecule has 64 valence electrons. The van der Waals surface area contributed by atoms with E-state index in [1.165, 1.54) is 6.08 Å². The van der Waals surface area contributed by atoms with Gasteiger partial charge in [-0.3, -0.25) is 0 Å². The van der Waals surface area contributed by atoms with Crippen molar-refractivity contribution in [2.24, 2.45) is 0 Å². The Bertz CT molecular complexity index is 357. The van der Waals surface area contributed by atoms with Crippen molar-refractivity contribution in [2.75, 3.05) is 0 Å². The quantitative estimate of drug-likeness (QED) is 0.498. The molecule has 0 N–H and O–H groups in total. The van der Waals surface area contributed by atoms with E-state index in [4.69, 9.17) is 5.26 Å². The zero-order valence-electron chi connectivity index (χ0n) is 6.94. The number of nitrogens with zero attached hydrogens (tertiary/aromatic N) is 1. The lowest BCUT2D eigenvalue weighted by atomic mass is 10.2. The zero-order valence-corrected chi connectivity index (χ0v) is 6.94. The molecule has 0 amide bonds. The highest BCUT2D eigenvalue weighted by Gasteiger charge is 1.88. The van der Waals surface area contributed by atoms with Gasteiger partial charge in [-0.1, -0.05) is 30.3 Å². The summed E-state index contributed by atoms with van der Waals surface area (Å²) in [6, 6.07) is 10.8. The first-order chi connectivity index (χ1) is 6.33. The summed E-state index contributed by atoms with van der Waals surface area (Å²) >= 11 is 0. The number of hydrogen-bond acceptors (Lipinski definition) is 1. The van der Waals surface area contributed by atoms with Crippen LogP contribution in [0.4, 0.5) is 4.39 Å². The fourth-order valence-corrected chi connectivity index (χ4v) is 0.873. The van der Waals surface area contributed by atoms with Crippen molar-refractivity contribution in [3.63, 3.8) is 0 Å². The summed E-state index contributed by atoms with van der Waals surface area (Å²) in [5.74, 6) is -0.423. The second-order valence-corrected chi connectivity index (χ2v) is 2.40. The highest BCUT2D eigenvalue weighted by Crippen LogP contribution is 2.08. The average Bonchev–Trinajstić information content (AvgIpc) is 2.16. The third-order valence-corrected chi connectivity index (χ3v) is 1.42. The first-order valence-corrected chi connectivity index (χ1v) is 3.81. The lowest BCUT2D eigenvalue weighted by molar-refractivity contribution is 0.674. The molecule has 0 aliphatic heterocycles. The van der Waals surface area contributed by atoms with Crippen molar-refractivity contribution >= 4 is 6.08 Å². The van der Waals surface area contributed by atoms with Gasteiger partial charge in [-0.15, -0.1) is 0 Å². The molecule has 0 unspecified atom stereocenters. The molecule has 0 spiro atoms. The van der Waals surface area contributed by atoms with Gasteiger partial charge >= 0.3 is 0 Å². The summed E-state index contributed by atoms with van der Waals surface area (Å²) in [7, 11) is 0. The van der Waals surface area contributed by atoms with Crippen molar-refractivity contribution in [2.45, 2.75) is 0 Å². The lowest BCUT2D eigenvalue weighted by Gasteiger charge is -1.90. The molecule has 1 aromatic carbocycles. The minimum absolute atomic E-state index is 0.423. The van der Waals surface area contributed by atoms with Crippen LogP contribution in [0.3, 0.4) is 0 Å². The molecule has 0 aliphatic carbocycles. The molecule has 0 atom stereocenters. The molecular weight excluding hydrogens is 165 g/mol. The van der Waals surface area contributed by atoms with Crippen molar-refractivity contribution in [1.29, 1.82) is 5.26 Å². The van der Waals surface area contributed by atoms with Gasteiger partial charge in [0.15, 0.2) is 0 Å². The van der Waals surface area contributed by atoms with Crippen molar-refractivity contribution in [3.8, 4) is 6.07 Å². The Kier molecular flexibility index (Phi) is 3.46. The molecule has 13 heavy (non-hydrogen) atoms. The predicted molar refractivity (Wildman–Crippen MR) is 50.3 cm³/mol. The molecule has 0 fully saturated rings. The molecule has 0 radical (unpaired) electrons. The summed E-state index contributed by atoms with van der Waals surface area (Å²) in [6.45, 7) is 0. The molecule has 0 aliphatic rings. The van der Waals surface area contributed by atoms with E-state index in [9.17, 15) is 4.39 Å². The second-order valence-electron chi connectivity index (χ2n) is 2.40. The van der Waals surface area contributed by atoms with Crippen LogP contribution in [0.5, 0.6) is 0 Å². The van der Waals surface area contributed by atoms with Gasteiger partial charge in [0.1, 0.15) is 5.83 Å². The van der Waals surface area contributed by atoms with E-state index < -0.39 is 5.83 Å². The lowest BCUT2D eigenvalue weighted by Crippen LogP contribution is -1.70. The molecule has 1 rings (SSSR count). The van der Waals surface area contributed by atoms with Gasteiger partial charge in [-0.05, 0) is 17.7 Å². The van der Waals surface area contributed by atoms with Crippen LogP contribution in [0.25, 0.3) is 6.08 Å². The molecule has 1 aromatic rings. The van der Waals surface area contributed by atoms with Crippen molar-refractivity contribution < 1.29 is 4.39 Å². The summed E-state index contributed by atoms with van der Waals surface area (Å²) in [4.78, 5) is 0. The Hall–Kier alpha value is -1.88. The number of hydrogen-bond donors (Lipinski definition) is 0. The average molecular weight is 173 g/mol. The summed E-state index contributed by atoms with van der Waals surface area (Å²) < 4.78 is 12.9. The largest absolute Gasteiger partial charge is 0.207 e. The van der Waals surface area contributed by atoms with Crippen LogP contribution in [0.15, 0.2) is 48.3 Å². The minimum Gasteiger partial charge on any atom is -0.207 e. The fraction of sp³-hybridized carbons (Fsp3) is 0. The normalized spacial score (nSPS) is 11.5. The van der Waals surface area contributed by atoms with E-state index in [2.05, 4.69) is 0 Å². The smallest absolute Gasteiger partial charge is 0.124 e. The molecule has 0 aromatic heterocycles. The highest BCUT2D eigenvalue weighted by molar-refractivity contribution is 5.53. The van der Waals surface area contributed by atoms with Gasteiger partial charge < -0.3 is 0 Å². The van der Waals surface area contributed by atoms with E-state index in [1.54, 1.807) is 18.2 Å². The zero-order chi connectivity index (χ0) is 9.52. The highest BCUT2D eigenvalue weighted by atomic mass is 19.1. The monoisotopic (exact) mass is 173 g/mol. The maximum Gasteiger partial charge on any atom is 0.124 e. The number of benzene rings is 1. The van der Waals surface area contributed by atoms with E-state index >= 15 is 0 Å². The number of halogens is 1. The van der Waals surface area contributed by atoms with Gasteiger partial charge in [0.2, 0.25) is 0 Å². The van der Waals surface area contributed by atoms with Crippen LogP contribution in [0, 0.1) is 11.3 Å². The number of allylic oxidation sites excluding steroid dienone is 3. The first kappa shape index (κ1) is 9.21. The summed E-state index contributed by atoms with van der Waals surface area (Å²) in [5.41, 5.74) is 0.780. The summed E-state index contributed by atoms with van der Waals surface area (Å²) in [6.07, 6.45) is 3.61. The fourth-order valence-electron chi connectivity index (χ4n) is 0.873. The van der Waals surface area contributed by atoms with Crippen LogP contribution < -0.4 is 0 Å². The third-order valence-electron chi connectivity index (χ3n) is 1.42. The van der Waals surface area contributed by atoms with Crippen LogP contribution in [0.2, 0.25) is 0 Å². The van der Waals surface area contributed by atoms with Crippen molar-refractivity contribution in [3.05, 3.63) is 53.9 Å². The molecule has 0 saturated heterocycles. The van der Waals surface area contributed by atoms with E-state index in [1.807, 2.05) is 18.2 Å². The molecule has 0 heterocycles. The van der Waals surface area contributed by atoms with Crippen LogP contribution in [-0.2, 0) is 0 Å². The Morgan fingerprint density at radius 1 is 1.31 bits per heavy atom. The second kappa shape index (κ2) is 4.89. The first-order valence-electron chi connectivity index (χ1n) is 3.81. The van der Waals surface area contributed by atoms with Crippen LogP contribution in [0.1, 0.15) is 5.56 Å². The van der Waals surface area contributed by atoms with Crippen LogP contribution >= 0.6 is 0 Å². The van der Waals surface area contributed by atoms with Gasteiger partial charge in [-0.2, -0.15) is 5.26 Å². The molecule has 2 heteroatoms. The Labute approximate surface area is 76.4 Å². The molecule has 0 bridgehead atoms. The SMILES string of the molecule is N#C/C=C/C(F)=C\c1ccccc1. The van der Waals surface area contributed by atoms with Crippen molar-refractivity contribution in [1.82, 2.24) is 0 Å².